The first-order valence-electron chi connectivity index (χ1n) is 19.5. The number of aromatic nitrogens is 1. The molecule has 1 aromatic heterocycles. The molecule has 266 valence electrons. The van der Waals surface area contributed by atoms with Gasteiger partial charge in [-0.2, -0.15) is 0 Å². The predicted octanol–water partition coefficient (Wildman–Crippen LogP) is 15.0. The molecule has 0 bridgehead atoms. The summed E-state index contributed by atoms with van der Waals surface area (Å²) in [5, 5.41) is 2.45. The van der Waals surface area contributed by atoms with Crippen LogP contribution in [0.25, 0.3) is 66.4 Å². The lowest BCUT2D eigenvalue weighted by molar-refractivity contribution is 1.04. The third-order valence-electron chi connectivity index (χ3n) is 11.0. The average molecular weight is 717 g/mol. The Morgan fingerprint density at radius 3 is 1.43 bits per heavy atom. The van der Waals surface area contributed by atoms with Gasteiger partial charge in [0.15, 0.2) is 0 Å². The molecule has 0 saturated carbocycles. The summed E-state index contributed by atoms with van der Waals surface area (Å²) >= 11 is 0. The molecule has 0 N–H and O–H groups in total. The van der Waals surface area contributed by atoms with Crippen molar-refractivity contribution in [2.45, 2.75) is 12.8 Å². The van der Waals surface area contributed by atoms with Crippen molar-refractivity contribution in [3.63, 3.8) is 0 Å². The van der Waals surface area contributed by atoms with Gasteiger partial charge in [0.1, 0.15) is 0 Å². The van der Waals surface area contributed by atoms with Crippen LogP contribution in [0.3, 0.4) is 0 Å². The zero-order valence-corrected chi connectivity index (χ0v) is 31.1. The largest absolute Gasteiger partial charge is 0.310 e. The van der Waals surface area contributed by atoms with Gasteiger partial charge in [0.25, 0.3) is 0 Å². The Morgan fingerprint density at radius 1 is 0.357 bits per heavy atom. The molecule has 2 heteroatoms. The van der Waals surface area contributed by atoms with Crippen molar-refractivity contribution < 1.29 is 0 Å². The van der Waals surface area contributed by atoms with Crippen LogP contribution in [0.15, 0.2) is 218 Å². The Morgan fingerprint density at radius 2 is 0.857 bits per heavy atom. The highest BCUT2D eigenvalue weighted by molar-refractivity contribution is 6.11. The molecule has 0 spiro atoms. The van der Waals surface area contributed by atoms with Gasteiger partial charge in [-0.05, 0) is 118 Å². The first-order valence-corrected chi connectivity index (χ1v) is 19.5. The zero-order valence-electron chi connectivity index (χ0n) is 31.1. The van der Waals surface area contributed by atoms with E-state index in [1.165, 1.54) is 60.8 Å². The summed E-state index contributed by atoms with van der Waals surface area (Å²) in [4.78, 5) is 2.39. The van der Waals surface area contributed by atoms with E-state index in [1.807, 2.05) is 0 Å². The van der Waals surface area contributed by atoms with E-state index in [9.17, 15) is 0 Å². The van der Waals surface area contributed by atoms with Gasteiger partial charge in [-0.25, -0.2) is 0 Å². The van der Waals surface area contributed by atoms with Gasteiger partial charge in [-0.15, -0.1) is 0 Å². The molecule has 2 nitrogen and oxygen atoms in total. The molecular formula is C54H40N2. The van der Waals surface area contributed by atoms with E-state index in [0.29, 0.717) is 0 Å². The fraction of sp³-hybridized carbons (Fsp3) is 0.0370. The molecule has 8 aromatic carbocycles. The number of rotatable bonds is 8. The van der Waals surface area contributed by atoms with Crippen LogP contribution in [0.2, 0.25) is 0 Å². The number of nitrogens with zero attached hydrogens (tertiary/aromatic N) is 2. The van der Waals surface area contributed by atoms with E-state index in [-0.39, 0.29) is 0 Å². The van der Waals surface area contributed by atoms with Crippen molar-refractivity contribution in [3.8, 4) is 39.1 Å². The highest BCUT2D eigenvalue weighted by Crippen LogP contribution is 2.41. The summed E-state index contributed by atoms with van der Waals surface area (Å²) in [5.41, 5.74) is 16.6. The SMILES string of the molecule is C1=CC(c2ccc(N(c3ccc(-c4ccccc4)cc3)c3ccc4c5cc(-c6ccccc6)ccc5n(-c5ccc(-c6ccccc6)cc5)c4c3)cc2)=CCC1. The van der Waals surface area contributed by atoms with Gasteiger partial charge in [0.2, 0.25) is 0 Å². The smallest absolute Gasteiger partial charge is 0.0561 e. The van der Waals surface area contributed by atoms with Crippen molar-refractivity contribution >= 4 is 44.4 Å². The van der Waals surface area contributed by atoms with Crippen molar-refractivity contribution in [2.24, 2.45) is 0 Å². The molecule has 0 saturated heterocycles. The molecule has 0 amide bonds. The minimum atomic E-state index is 1.09. The molecule has 0 radical (unpaired) electrons. The number of fused-ring (bicyclic) bond motifs is 3. The maximum absolute atomic E-state index is 2.43. The number of hydrogen-bond acceptors (Lipinski definition) is 1. The molecule has 0 aliphatic heterocycles. The minimum Gasteiger partial charge on any atom is -0.310 e. The summed E-state index contributed by atoms with van der Waals surface area (Å²) < 4.78 is 2.43. The van der Waals surface area contributed by atoms with Gasteiger partial charge >= 0.3 is 0 Å². The first-order chi connectivity index (χ1) is 27.8. The quantitative estimate of drug-likeness (QED) is 0.152. The maximum atomic E-state index is 2.43. The second-order valence-electron chi connectivity index (χ2n) is 14.5. The summed E-state index contributed by atoms with van der Waals surface area (Å²) in [6.07, 6.45) is 9.07. The van der Waals surface area contributed by atoms with Crippen molar-refractivity contribution in [1.29, 1.82) is 0 Å². The lowest BCUT2D eigenvalue weighted by Gasteiger charge is -2.26. The Hall–Kier alpha value is -7.16. The molecule has 0 unspecified atom stereocenters. The summed E-state index contributed by atoms with van der Waals surface area (Å²) in [6, 6.07) is 72.7. The minimum absolute atomic E-state index is 1.09. The molecule has 1 heterocycles. The second kappa shape index (κ2) is 14.6. The van der Waals surface area contributed by atoms with Crippen molar-refractivity contribution in [3.05, 3.63) is 224 Å². The Labute approximate surface area is 328 Å². The first kappa shape index (κ1) is 33.4. The fourth-order valence-corrected chi connectivity index (χ4v) is 8.18. The van der Waals surface area contributed by atoms with E-state index in [2.05, 4.69) is 228 Å². The molecule has 1 aliphatic carbocycles. The normalized spacial score (nSPS) is 12.5. The average Bonchev–Trinajstić information content (AvgIpc) is 3.61. The van der Waals surface area contributed by atoms with Gasteiger partial charge in [0.05, 0.1) is 11.0 Å². The number of anilines is 3. The second-order valence-corrected chi connectivity index (χ2v) is 14.5. The van der Waals surface area contributed by atoms with Gasteiger partial charge in [-0.1, -0.05) is 158 Å². The van der Waals surface area contributed by atoms with Crippen LogP contribution in [-0.4, -0.2) is 4.57 Å². The van der Waals surface area contributed by atoms with Crippen LogP contribution >= 0.6 is 0 Å². The van der Waals surface area contributed by atoms with E-state index < -0.39 is 0 Å². The Balaban J connectivity index is 1.15. The highest BCUT2D eigenvalue weighted by Gasteiger charge is 2.19. The summed E-state index contributed by atoms with van der Waals surface area (Å²) in [7, 11) is 0. The van der Waals surface area contributed by atoms with E-state index in [1.54, 1.807) is 0 Å². The van der Waals surface area contributed by atoms with E-state index >= 15 is 0 Å². The van der Waals surface area contributed by atoms with Crippen LogP contribution < -0.4 is 4.90 Å². The molecule has 10 rings (SSSR count). The Bertz CT molecular complexity index is 2850. The third kappa shape index (κ3) is 6.32. The van der Waals surface area contributed by atoms with Crippen LogP contribution in [0.5, 0.6) is 0 Å². The van der Waals surface area contributed by atoms with Gasteiger partial charge < -0.3 is 9.47 Å². The van der Waals surface area contributed by atoms with Crippen molar-refractivity contribution in [1.82, 2.24) is 4.57 Å². The van der Waals surface area contributed by atoms with Crippen LogP contribution in [-0.2, 0) is 0 Å². The number of allylic oxidation sites excluding steroid dienone is 4. The molecule has 0 fully saturated rings. The fourth-order valence-electron chi connectivity index (χ4n) is 8.18. The maximum Gasteiger partial charge on any atom is 0.0561 e. The summed E-state index contributed by atoms with van der Waals surface area (Å²) in [5.74, 6) is 0. The van der Waals surface area contributed by atoms with E-state index in [0.717, 1.165) is 41.1 Å². The highest BCUT2D eigenvalue weighted by atomic mass is 15.1. The monoisotopic (exact) mass is 716 g/mol. The van der Waals surface area contributed by atoms with Crippen molar-refractivity contribution in [2.75, 3.05) is 4.90 Å². The number of hydrogen-bond donors (Lipinski definition) is 0. The molecule has 0 atom stereocenters. The van der Waals surface area contributed by atoms with Gasteiger partial charge in [-0.3, -0.25) is 0 Å². The zero-order chi connectivity index (χ0) is 37.3. The van der Waals surface area contributed by atoms with Crippen LogP contribution in [0.1, 0.15) is 18.4 Å². The van der Waals surface area contributed by atoms with Crippen LogP contribution in [0.4, 0.5) is 17.1 Å². The molecule has 1 aliphatic rings. The predicted molar refractivity (Wildman–Crippen MR) is 238 cm³/mol. The number of benzene rings is 8. The topological polar surface area (TPSA) is 8.17 Å². The lowest BCUT2D eigenvalue weighted by Crippen LogP contribution is -2.10. The van der Waals surface area contributed by atoms with E-state index in [4.69, 9.17) is 0 Å². The molecular weight excluding hydrogens is 677 g/mol. The standard InChI is InChI=1S/C54H40N2/c1-5-13-39(14-6-1)43-21-28-47(29-22-43)55(48-30-23-44(24-31-48)40-15-7-2-8-16-40)50-34-35-51-52-37-46(42-19-11-4-12-20-42)27-36-53(52)56(54(51)38-50)49-32-25-45(26-33-49)41-17-9-3-10-18-41/h1,3-7,9-38H,2,8H2. The summed E-state index contributed by atoms with van der Waals surface area (Å²) in [6.45, 7) is 0. The Kier molecular flexibility index (Phi) is 8.70. The molecule has 9 aromatic rings. The van der Waals surface area contributed by atoms with Gasteiger partial charge in [0, 0.05) is 33.5 Å². The lowest BCUT2D eigenvalue weighted by atomic mass is 9.99. The molecule has 56 heavy (non-hydrogen) atoms. The third-order valence-corrected chi connectivity index (χ3v) is 11.0. The van der Waals surface area contributed by atoms with Crippen LogP contribution in [0, 0.1) is 0 Å².